The van der Waals surface area contributed by atoms with Crippen molar-refractivity contribution in [1.29, 1.82) is 0 Å². The van der Waals surface area contributed by atoms with E-state index in [1.807, 2.05) is 0 Å². The van der Waals surface area contributed by atoms with E-state index in [0.717, 1.165) is 47.3 Å². The Morgan fingerprint density at radius 2 is 1.61 bits per heavy atom. The molecular formula is C29H25FN6O9S+2. The quantitative estimate of drug-likeness (QED) is 0.108. The fraction of sp³-hybridized carbons (Fsp3) is 0.103. The Hall–Kier alpha value is -6.10. The molecule has 1 amide bonds. The van der Waals surface area contributed by atoms with Gasteiger partial charge in [-0.05, 0) is 35.9 Å². The number of hydrogen-bond donors (Lipinski definition) is 5. The molecule has 0 aliphatic carbocycles. The van der Waals surface area contributed by atoms with Gasteiger partial charge < -0.3 is 10.4 Å². The molecule has 0 saturated heterocycles. The number of aliphatic carboxylic acids is 1. The lowest BCUT2D eigenvalue weighted by molar-refractivity contribution is -0.905. The summed E-state index contributed by atoms with van der Waals surface area (Å²) >= 11 is 0. The highest BCUT2D eigenvalue weighted by Gasteiger charge is 2.24. The molecule has 3 aromatic heterocycles. The monoisotopic (exact) mass is 652 g/mol. The Morgan fingerprint density at radius 3 is 2.24 bits per heavy atom. The predicted molar refractivity (Wildman–Crippen MR) is 156 cm³/mol. The number of halogens is 1. The van der Waals surface area contributed by atoms with Crippen LogP contribution in [0.4, 0.5) is 10.1 Å². The van der Waals surface area contributed by atoms with Crippen LogP contribution < -0.4 is 30.7 Å². The zero-order valence-electron chi connectivity index (χ0n) is 23.7. The number of carbonyl (C=O) groups excluding carboxylic acids is 1. The van der Waals surface area contributed by atoms with Crippen molar-refractivity contribution in [2.75, 3.05) is 4.72 Å². The molecule has 0 saturated carbocycles. The van der Waals surface area contributed by atoms with Crippen molar-refractivity contribution in [3.63, 3.8) is 0 Å². The van der Waals surface area contributed by atoms with Gasteiger partial charge in [-0.3, -0.25) is 29.3 Å². The van der Waals surface area contributed by atoms with E-state index in [9.17, 15) is 47.5 Å². The summed E-state index contributed by atoms with van der Waals surface area (Å²) in [6.07, 6.45) is 4.37. The Bertz CT molecular complexity index is 2240. The molecular weight excluding hydrogens is 627 g/mol. The highest BCUT2D eigenvalue weighted by Crippen LogP contribution is 2.19. The summed E-state index contributed by atoms with van der Waals surface area (Å²) in [7, 11) is -2.72. The molecule has 0 aliphatic rings. The van der Waals surface area contributed by atoms with Gasteiger partial charge in [-0.2, -0.15) is 0 Å². The van der Waals surface area contributed by atoms with E-state index >= 15 is 0 Å². The number of nitrogens with zero attached hydrogens (tertiary/aromatic N) is 4. The maximum atomic E-state index is 14.9. The van der Waals surface area contributed by atoms with E-state index in [2.05, 4.69) is 10.0 Å². The summed E-state index contributed by atoms with van der Waals surface area (Å²) in [5, 5.41) is 31.1. The third kappa shape index (κ3) is 6.25. The van der Waals surface area contributed by atoms with Gasteiger partial charge in [0, 0.05) is 41.1 Å². The first-order valence-corrected chi connectivity index (χ1v) is 14.8. The summed E-state index contributed by atoms with van der Waals surface area (Å²) in [6, 6.07) is 10.7. The van der Waals surface area contributed by atoms with E-state index in [-0.39, 0.29) is 33.6 Å². The second-order valence-electron chi connectivity index (χ2n) is 10.1. The molecule has 1 atom stereocenters. The average Bonchev–Trinajstić information content (AvgIpc) is 3.00. The van der Waals surface area contributed by atoms with Crippen LogP contribution in [-0.2, 0) is 28.3 Å². The summed E-state index contributed by atoms with van der Waals surface area (Å²) in [4.78, 5) is 50.6. The highest BCUT2D eigenvalue weighted by atomic mass is 32.2. The summed E-state index contributed by atoms with van der Waals surface area (Å²) in [5.74, 6) is -3.61. The van der Waals surface area contributed by atoms with Gasteiger partial charge >= 0.3 is 11.7 Å². The smallest absolute Gasteiger partial charge is 0.336 e. The summed E-state index contributed by atoms with van der Waals surface area (Å²) in [6.45, 7) is 0. The summed E-state index contributed by atoms with van der Waals surface area (Å²) < 4.78 is 45.6. The Balaban J connectivity index is 1.32. The van der Waals surface area contributed by atoms with Crippen LogP contribution in [0.5, 0.6) is 0 Å². The average molecular weight is 653 g/mol. The first-order valence-electron chi connectivity index (χ1n) is 13.3. The molecule has 0 bridgehead atoms. The van der Waals surface area contributed by atoms with Gasteiger partial charge in [0.25, 0.3) is 21.5 Å². The minimum atomic E-state index is -4.15. The van der Waals surface area contributed by atoms with Crippen molar-refractivity contribution in [2.24, 2.45) is 7.05 Å². The largest absolute Gasteiger partial charge is 0.480 e. The van der Waals surface area contributed by atoms with E-state index < -0.39 is 50.6 Å². The Labute approximate surface area is 258 Å². The van der Waals surface area contributed by atoms with Gasteiger partial charge in [0.2, 0.25) is 24.8 Å². The van der Waals surface area contributed by atoms with Crippen molar-refractivity contribution >= 4 is 38.5 Å². The fourth-order valence-electron chi connectivity index (χ4n) is 4.62. The molecule has 2 aromatic carbocycles. The zero-order valence-corrected chi connectivity index (χ0v) is 24.6. The van der Waals surface area contributed by atoms with Gasteiger partial charge in [-0.25, -0.2) is 27.0 Å². The molecule has 15 nitrogen and oxygen atoms in total. The first-order chi connectivity index (χ1) is 21.7. The van der Waals surface area contributed by atoms with Gasteiger partial charge in [0.1, 0.15) is 17.4 Å². The first kappa shape index (κ1) is 31.3. The lowest BCUT2D eigenvalue weighted by atomic mass is 10.0. The fourth-order valence-corrected chi connectivity index (χ4v) is 5.66. The Morgan fingerprint density at radius 1 is 0.957 bits per heavy atom. The number of nitrogens with one attached hydrogen (secondary N) is 2. The van der Waals surface area contributed by atoms with Crippen molar-refractivity contribution in [3.05, 3.63) is 123 Å². The topological polar surface area (TPSA) is 205 Å². The second kappa shape index (κ2) is 12.1. The van der Waals surface area contributed by atoms with Crippen LogP contribution >= 0.6 is 0 Å². The number of aryl methyl sites for hydroxylation is 1. The number of hydrogen-bond acceptors (Lipinski definition) is 8. The number of rotatable bonds is 9. The van der Waals surface area contributed by atoms with E-state index in [4.69, 9.17) is 0 Å². The molecule has 5 N–H and O–H groups in total. The Kier molecular flexibility index (Phi) is 8.25. The van der Waals surface area contributed by atoms with Crippen LogP contribution in [0.25, 0.3) is 16.6 Å². The van der Waals surface area contributed by atoms with Crippen molar-refractivity contribution < 1.29 is 47.4 Å². The van der Waals surface area contributed by atoms with Gasteiger partial charge in [-0.15, -0.1) is 0 Å². The maximum absolute atomic E-state index is 14.9. The number of sulfonamides is 1. The minimum Gasteiger partial charge on any atom is -0.480 e. The van der Waals surface area contributed by atoms with E-state index in [1.165, 1.54) is 54.3 Å². The molecule has 0 aliphatic heterocycles. The number of fused-ring (bicyclic) bond motifs is 1. The molecule has 46 heavy (non-hydrogen) atoms. The zero-order chi connectivity index (χ0) is 33.3. The lowest BCUT2D eigenvalue weighted by Gasteiger charge is -2.16. The van der Waals surface area contributed by atoms with Gasteiger partial charge in [0.15, 0.2) is 0 Å². The number of carboxylic acids is 1. The number of benzene rings is 2. The second-order valence-corrected chi connectivity index (χ2v) is 11.7. The molecule has 0 radical (unpaired) electrons. The van der Waals surface area contributed by atoms with Crippen LogP contribution in [0, 0.1) is 5.82 Å². The lowest BCUT2D eigenvalue weighted by Crippen LogP contribution is -2.42. The molecule has 0 fully saturated rings. The normalized spacial score (nSPS) is 12.0. The van der Waals surface area contributed by atoms with E-state index in [1.54, 1.807) is 0 Å². The minimum absolute atomic E-state index is 0.166. The molecule has 5 aromatic rings. The van der Waals surface area contributed by atoms with Crippen LogP contribution in [-0.4, -0.2) is 51.0 Å². The standard InChI is InChI=1S/C29H23FN6O9S/c1-33-25-16-35(43)13-10-22(25)27(38)36(29(33)41)19-5-2-17(3-6-19)14-24(28(39)40)31-26(37)21-7-4-18(15-23(21)30)32-46(44,45)20-8-11-34(42)12-9-20/h2-13,15-16,24H,14H2,1H3,(H3-2,31,32,37,38,39,40,42,43)/p+2/t24-/m0/s1. The van der Waals surface area contributed by atoms with Crippen LogP contribution in [0.1, 0.15) is 15.9 Å². The van der Waals surface area contributed by atoms with Crippen molar-refractivity contribution in [2.45, 2.75) is 17.4 Å². The highest BCUT2D eigenvalue weighted by molar-refractivity contribution is 7.92. The van der Waals surface area contributed by atoms with Gasteiger partial charge in [-0.1, -0.05) is 12.1 Å². The number of amides is 1. The SMILES string of the molecule is Cn1c(=O)n(-c2ccc(C[C@H](NC(=O)c3ccc(NS(=O)(=O)c4cc[n+](O)cc4)cc3F)C(=O)O)cc2)c(=O)c2cc[n+](O)cc21. The predicted octanol–water partition coefficient (Wildman–Crippen LogP) is 0.105. The molecule has 3 heterocycles. The molecule has 236 valence electrons. The molecule has 0 unspecified atom stereocenters. The van der Waals surface area contributed by atoms with Crippen LogP contribution in [0.3, 0.4) is 0 Å². The number of aromatic nitrogens is 4. The van der Waals surface area contributed by atoms with E-state index in [0.29, 0.717) is 15.0 Å². The molecule has 0 spiro atoms. The number of anilines is 1. The van der Waals surface area contributed by atoms with Gasteiger partial charge in [0.05, 0.1) is 27.2 Å². The van der Waals surface area contributed by atoms with Crippen LogP contribution in [0.2, 0.25) is 0 Å². The number of carbonyl (C=O) groups is 2. The number of pyridine rings is 2. The van der Waals surface area contributed by atoms with Crippen molar-refractivity contribution in [3.8, 4) is 5.69 Å². The van der Waals surface area contributed by atoms with Crippen LogP contribution in [0.15, 0.2) is 99.9 Å². The molecule has 17 heteroatoms. The third-order valence-corrected chi connectivity index (χ3v) is 8.39. The maximum Gasteiger partial charge on any atom is 0.336 e. The third-order valence-electron chi connectivity index (χ3n) is 6.99. The summed E-state index contributed by atoms with van der Waals surface area (Å²) in [5.41, 5.74) is -1.27. The molecule has 5 rings (SSSR count). The number of carboxylic acid groups (broad SMARTS) is 1. The van der Waals surface area contributed by atoms with Crippen molar-refractivity contribution in [1.82, 2.24) is 14.5 Å².